The quantitative estimate of drug-likeness (QED) is 0.737. The Morgan fingerprint density at radius 3 is 2.73 bits per heavy atom. The van der Waals surface area contributed by atoms with E-state index < -0.39 is 0 Å². The van der Waals surface area contributed by atoms with E-state index in [4.69, 9.17) is 0 Å². The van der Waals surface area contributed by atoms with E-state index in [1.807, 2.05) is 36.5 Å². The van der Waals surface area contributed by atoms with Gasteiger partial charge in [0.25, 0.3) is 0 Å². The summed E-state index contributed by atoms with van der Waals surface area (Å²) in [6.45, 7) is 0. The number of benzene rings is 1. The van der Waals surface area contributed by atoms with Gasteiger partial charge in [0, 0.05) is 23.1 Å². The second kappa shape index (κ2) is 4.84. The second-order valence-electron chi connectivity index (χ2n) is 3.26. The number of ketones is 1. The van der Waals surface area contributed by atoms with Crippen LogP contribution in [0, 0.1) is 0 Å². The molecule has 2 rings (SSSR count). The number of carbonyl (C=O) groups excluding carboxylic acids is 1. The Labute approximate surface area is 92.6 Å². The van der Waals surface area contributed by atoms with Gasteiger partial charge in [-0.3, -0.25) is 9.78 Å². The largest absolute Gasteiger partial charge is 0.294 e. The molecule has 0 unspecified atom stereocenters. The van der Waals surface area contributed by atoms with Crippen molar-refractivity contribution in [1.82, 2.24) is 4.98 Å². The summed E-state index contributed by atoms with van der Waals surface area (Å²) in [7, 11) is 0. The van der Waals surface area contributed by atoms with E-state index in [1.165, 1.54) is 4.88 Å². The zero-order chi connectivity index (χ0) is 10.5. The van der Waals surface area contributed by atoms with Crippen molar-refractivity contribution in [3.05, 3.63) is 52.5 Å². The molecule has 0 bridgehead atoms. The molecule has 15 heavy (non-hydrogen) atoms. The first kappa shape index (κ1) is 10.1. The highest BCUT2D eigenvalue weighted by molar-refractivity contribution is 7.09. The zero-order valence-electron chi connectivity index (χ0n) is 8.22. The maximum absolute atomic E-state index is 11.7. The summed E-state index contributed by atoms with van der Waals surface area (Å²) in [5, 5.41) is 0. The average molecular weight is 217 g/mol. The molecule has 0 N–H and O–H groups in total. The number of Topliss-reactive ketones (excluding diaryl/α,β-unsaturated/α-hetero) is 1. The van der Waals surface area contributed by atoms with Crippen LogP contribution >= 0.6 is 11.3 Å². The molecule has 0 saturated heterocycles. The van der Waals surface area contributed by atoms with Crippen LogP contribution in [0.3, 0.4) is 0 Å². The first-order valence-electron chi connectivity index (χ1n) is 4.82. The summed E-state index contributed by atoms with van der Waals surface area (Å²) in [5.74, 6) is 0.198. The van der Waals surface area contributed by atoms with Gasteiger partial charge in [-0.2, -0.15) is 0 Å². The summed E-state index contributed by atoms with van der Waals surface area (Å²) in [6, 6.07) is 9.41. The van der Waals surface area contributed by atoms with Crippen LogP contribution in [0.1, 0.15) is 21.7 Å². The Bertz CT molecular complexity index is 422. The van der Waals surface area contributed by atoms with Gasteiger partial charge in [-0.25, -0.2) is 0 Å². The standard InChI is InChI=1S/C12H11NOS/c14-12(10-4-2-1-3-5-10)7-6-11-8-13-9-15-11/h1-5,8-9H,6-7H2. The van der Waals surface area contributed by atoms with Crippen molar-refractivity contribution in [1.29, 1.82) is 0 Å². The van der Waals surface area contributed by atoms with Gasteiger partial charge in [0.1, 0.15) is 0 Å². The maximum atomic E-state index is 11.7. The minimum absolute atomic E-state index is 0.198. The van der Waals surface area contributed by atoms with Crippen LogP contribution in [-0.2, 0) is 6.42 Å². The van der Waals surface area contributed by atoms with Crippen molar-refractivity contribution in [2.45, 2.75) is 12.8 Å². The smallest absolute Gasteiger partial charge is 0.163 e. The van der Waals surface area contributed by atoms with Gasteiger partial charge in [-0.05, 0) is 6.42 Å². The Morgan fingerprint density at radius 2 is 2.07 bits per heavy atom. The molecule has 0 aliphatic rings. The predicted molar refractivity (Wildman–Crippen MR) is 61.2 cm³/mol. The maximum Gasteiger partial charge on any atom is 0.163 e. The van der Waals surface area contributed by atoms with Crippen molar-refractivity contribution in [2.75, 3.05) is 0 Å². The number of thiazole rings is 1. The molecule has 0 spiro atoms. The summed E-state index contributed by atoms with van der Waals surface area (Å²) >= 11 is 1.60. The highest BCUT2D eigenvalue weighted by Gasteiger charge is 2.05. The van der Waals surface area contributed by atoms with E-state index in [-0.39, 0.29) is 5.78 Å². The van der Waals surface area contributed by atoms with Crippen LogP contribution in [0.2, 0.25) is 0 Å². The van der Waals surface area contributed by atoms with E-state index in [1.54, 1.807) is 16.8 Å². The molecule has 0 radical (unpaired) electrons. The Hall–Kier alpha value is -1.48. The minimum atomic E-state index is 0.198. The number of aromatic nitrogens is 1. The summed E-state index contributed by atoms with van der Waals surface area (Å²) < 4.78 is 0. The van der Waals surface area contributed by atoms with Crippen molar-refractivity contribution in [2.24, 2.45) is 0 Å². The Balaban J connectivity index is 1.94. The van der Waals surface area contributed by atoms with Gasteiger partial charge in [0.15, 0.2) is 5.78 Å². The number of hydrogen-bond acceptors (Lipinski definition) is 3. The molecule has 0 aliphatic carbocycles. The second-order valence-corrected chi connectivity index (χ2v) is 4.23. The third-order valence-electron chi connectivity index (χ3n) is 2.18. The fourth-order valence-electron chi connectivity index (χ4n) is 1.37. The lowest BCUT2D eigenvalue weighted by molar-refractivity contribution is 0.0983. The molecular weight excluding hydrogens is 206 g/mol. The van der Waals surface area contributed by atoms with Crippen molar-refractivity contribution in [3.8, 4) is 0 Å². The topological polar surface area (TPSA) is 30.0 Å². The van der Waals surface area contributed by atoms with Crippen LogP contribution in [-0.4, -0.2) is 10.8 Å². The third-order valence-corrected chi connectivity index (χ3v) is 3.02. The van der Waals surface area contributed by atoms with Gasteiger partial charge in [-0.1, -0.05) is 30.3 Å². The first-order valence-corrected chi connectivity index (χ1v) is 5.70. The molecule has 1 aromatic carbocycles. The van der Waals surface area contributed by atoms with Gasteiger partial charge >= 0.3 is 0 Å². The van der Waals surface area contributed by atoms with E-state index >= 15 is 0 Å². The minimum Gasteiger partial charge on any atom is -0.294 e. The highest BCUT2D eigenvalue weighted by Crippen LogP contribution is 2.11. The Morgan fingerprint density at radius 1 is 1.27 bits per heavy atom. The SMILES string of the molecule is O=C(CCc1cncs1)c1ccccc1. The van der Waals surface area contributed by atoms with Gasteiger partial charge in [-0.15, -0.1) is 11.3 Å². The normalized spacial score (nSPS) is 10.1. The number of rotatable bonds is 4. The summed E-state index contributed by atoms with van der Waals surface area (Å²) in [4.78, 5) is 16.9. The lowest BCUT2D eigenvalue weighted by Gasteiger charge is -1.98. The lowest BCUT2D eigenvalue weighted by atomic mass is 10.1. The highest BCUT2D eigenvalue weighted by atomic mass is 32.1. The number of nitrogens with zero attached hydrogens (tertiary/aromatic N) is 1. The van der Waals surface area contributed by atoms with Gasteiger partial charge in [0.05, 0.1) is 5.51 Å². The zero-order valence-corrected chi connectivity index (χ0v) is 9.04. The van der Waals surface area contributed by atoms with Gasteiger partial charge < -0.3 is 0 Å². The molecule has 76 valence electrons. The molecule has 3 heteroatoms. The van der Waals surface area contributed by atoms with Crippen LogP contribution in [0.25, 0.3) is 0 Å². The Kier molecular flexibility index (Phi) is 3.25. The van der Waals surface area contributed by atoms with Crippen molar-refractivity contribution in [3.63, 3.8) is 0 Å². The lowest BCUT2D eigenvalue weighted by Crippen LogP contribution is -1.99. The van der Waals surface area contributed by atoms with Crippen LogP contribution in [0.5, 0.6) is 0 Å². The van der Waals surface area contributed by atoms with E-state index in [9.17, 15) is 4.79 Å². The fourth-order valence-corrected chi connectivity index (χ4v) is 1.97. The van der Waals surface area contributed by atoms with Crippen LogP contribution < -0.4 is 0 Å². The molecule has 0 saturated carbocycles. The molecule has 0 fully saturated rings. The molecule has 1 heterocycles. The average Bonchev–Trinajstić information content (AvgIpc) is 2.80. The molecule has 1 aromatic heterocycles. The van der Waals surface area contributed by atoms with E-state index in [0.29, 0.717) is 6.42 Å². The molecule has 2 nitrogen and oxygen atoms in total. The number of hydrogen-bond donors (Lipinski definition) is 0. The van der Waals surface area contributed by atoms with E-state index in [0.717, 1.165) is 12.0 Å². The molecule has 0 atom stereocenters. The molecule has 0 aliphatic heterocycles. The van der Waals surface area contributed by atoms with Gasteiger partial charge in [0.2, 0.25) is 0 Å². The molecular formula is C12H11NOS. The van der Waals surface area contributed by atoms with Crippen LogP contribution in [0.4, 0.5) is 0 Å². The number of aryl methyl sites for hydroxylation is 1. The van der Waals surface area contributed by atoms with Crippen molar-refractivity contribution >= 4 is 17.1 Å². The van der Waals surface area contributed by atoms with E-state index in [2.05, 4.69) is 4.98 Å². The summed E-state index contributed by atoms with van der Waals surface area (Å²) in [6.07, 6.45) is 3.17. The van der Waals surface area contributed by atoms with Crippen LogP contribution in [0.15, 0.2) is 42.0 Å². The molecule has 0 amide bonds. The monoisotopic (exact) mass is 217 g/mol. The predicted octanol–water partition coefficient (Wildman–Crippen LogP) is 2.96. The fraction of sp³-hybridized carbons (Fsp3) is 0.167. The third kappa shape index (κ3) is 2.73. The first-order chi connectivity index (χ1) is 7.36. The molecule has 2 aromatic rings. The van der Waals surface area contributed by atoms with Crippen molar-refractivity contribution < 1.29 is 4.79 Å². The number of carbonyl (C=O) groups is 1. The summed E-state index contributed by atoms with van der Waals surface area (Å²) in [5.41, 5.74) is 2.59.